The lowest BCUT2D eigenvalue weighted by Gasteiger charge is -2.19. The van der Waals surface area contributed by atoms with Crippen LogP contribution in [-0.4, -0.2) is 30.9 Å². The minimum absolute atomic E-state index is 0.0392. The van der Waals surface area contributed by atoms with Crippen molar-refractivity contribution in [2.24, 2.45) is 0 Å². The van der Waals surface area contributed by atoms with E-state index in [0.29, 0.717) is 22.3 Å². The van der Waals surface area contributed by atoms with Crippen molar-refractivity contribution < 1.29 is 24.2 Å². The highest BCUT2D eigenvalue weighted by molar-refractivity contribution is 6.68. The Morgan fingerprint density at radius 2 is 1.56 bits per heavy atom. The molecule has 0 radical (unpaired) electrons. The first kappa shape index (κ1) is 19.5. The molecule has 2 aromatic rings. The van der Waals surface area contributed by atoms with Crippen molar-refractivity contribution in [3.63, 3.8) is 0 Å². The van der Waals surface area contributed by atoms with Crippen LogP contribution in [0.2, 0.25) is 0 Å². The first-order valence-corrected chi connectivity index (χ1v) is 8.80. The number of hydrogen-bond donors (Lipinski definition) is 1. The van der Waals surface area contributed by atoms with E-state index in [0.717, 1.165) is 5.56 Å². The zero-order chi connectivity index (χ0) is 20.0. The molecule has 0 unspecified atom stereocenters. The molecule has 140 valence electrons. The van der Waals surface area contributed by atoms with E-state index in [4.69, 9.17) is 44.3 Å². The van der Waals surface area contributed by atoms with E-state index in [1.54, 1.807) is 12.1 Å². The van der Waals surface area contributed by atoms with E-state index in [-0.39, 0.29) is 16.9 Å². The Morgan fingerprint density at radius 3 is 2.15 bits per heavy atom. The Balaban J connectivity index is 2.39. The summed E-state index contributed by atoms with van der Waals surface area (Å²) in [6, 6.07) is 4.80. The minimum atomic E-state index is -0.786. The summed E-state index contributed by atoms with van der Waals surface area (Å²) < 4.78 is 10.8. The highest BCUT2D eigenvalue weighted by Gasteiger charge is 2.35. The van der Waals surface area contributed by atoms with Crippen LogP contribution < -0.4 is 9.47 Å². The molecular weight excluding hydrogens is 415 g/mol. The van der Waals surface area contributed by atoms with Gasteiger partial charge in [-0.1, -0.05) is 34.8 Å². The van der Waals surface area contributed by atoms with Gasteiger partial charge in [0.25, 0.3) is 0 Å². The van der Waals surface area contributed by atoms with Gasteiger partial charge >= 0.3 is 0 Å². The van der Waals surface area contributed by atoms with Gasteiger partial charge in [-0.25, -0.2) is 0 Å². The highest BCUT2D eigenvalue weighted by Crippen LogP contribution is 2.46. The van der Waals surface area contributed by atoms with Crippen LogP contribution in [0.15, 0.2) is 33.3 Å². The number of benzene rings is 2. The zero-order valence-corrected chi connectivity index (χ0v) is 16.7. The standard InChI is InChI=1S/C19H13Cl3O5/c1-7-6-10(26-2)11-9(19(7)27-3)5-4-8(16(11)23)12-13(20)18(25)15(22)14(21)17(12)24/h4-6,23H,1-3H3. The first-order valence-electron chi connectivity index (χ1n) is 7.66. The van der Waals surface area contributed by atoms with Crippen molar-refractivity contribution >= 4 is 62.7 Å². The average molecular weight is 428 g/mol. The van der Waals surface area contributed by atoms with Crippen LogP contribution >= 0.6 is 34.8 Å². The molecule has 0 bridgehead atoms. The maximum absolute atomic E-state index is 12.6. The van der Waals surface area contributed by atoms with Crippen LogP contribution in [0.4, 0.5) is 0 Å². The number of hydrogen-bond acceptors (Lipinski definition) is 5. The molecule has 5 nitrogen and oxygen atoms in total. The Labute approximate surface area is 169 Å². The number of Topliss-reactive ketones (excluding diaryl/α,β-unsaturated/α-hetero) is 2. The number of aryl methyl sites for hydroxylation is 1. The number of ether oxygens (including phenoxy) is 2. The van der Waals surface area contributed by atoms with Crippen molar-refractivity contribution in [3.05, 3.63) is 44.4 Å². The number of phenolic OH excluding ortho intramolecular Hbond substituents is 1. The van der Waals surface area contributed by atoms with Crippen molar-refractivity contribution in [1.82, 2.24) is 0 Å². The number of carbonyl (C=O) groups is 2. The third-order valence-corrected chi connectivity index (χ3v) is 5.48. The number of carbonyl (C=O) groups excluding carboxylic acids is 2. The van der Waals surface area contributed by atoms with Gasteiger partial charge < -0.3 is 14.6 Å². The molecule has 0 spiro atoms. The van der Waals surface area contributed by atoms with E-state index in [9.17, 15) is 14.7 Å². The maximum Gasteiger partial charge on any atom is 0.218 e. The highest BCUT2D eigenvalue weighted by atomic mass is 35.5. The predicted octanol–water partition coefficient (Wildman–Crippen LogP) is 4.66. The fourth-order valence-electron chi connectivity index (χ4n) is 3.07. The Hall–Kier alpha value is -2.21. The lowest BCUT2D eigenvalue weighted by Crippen LogP contribution is -2.17. The molecule has 0 saturated carbocycles. The summed E-state index contributed by atoms with van der Waals surface area (Å²) in [5.41, 5.74) is 0.613. The van der Waals surface area contributed by atoms with Gasteiger partial charge in [0.2, 0.25) is 11.6 Å². The van der Waals surface area contributed by atoms with Gasteiger partial charge in [-0.15, -0.1) is 0 Å². The van der Waals surface area contributed by atoms with Gasteiger partial charge in [0.1, 0.15) is 32.3 Å². The molecule has 1 aliphatic rings. The molecular formula is C19H13Cl3O5. The van der Waals surface area contributed by atoms with Gasteiger partial charge in [0, 0.05) is 10.9 Å². The average Bonchev–Trinajstić information content (AvgIpc) is 2.65. The lowest BCUT2D eigenvalue weighted by molar-refractivity contribution is -0.114. The van der Waals surface area contributed by atoms with Crippen LogP contribution in [0.1, 0.15) is 11.1 Å². The second-order valence-corrected chi connectivity index (χ2v) is 6.92. The summed E-state index contributed by atoms with van der Waals surface area (Å²) in [6.45, 7) is 1.83. The molecule has 1 aliphatic carbocycles. The molecule has 8 heteroatoms. The zero-order valence-electron chi connectivity index (χ0n) is 14.4. The minimum Gasteiger partial charge on any atom is -0.507 e. The number of phenols is 1. The number of rotatable bonds is 3. The summed E-state index contributed by atoms with van der Waals surface area (Å²) >= 11 is 17.7. The third-order valence-electron chi connectivity index (χ3n) is 4.31. The number of aromatic hydroxyl groups is 1. The third kappa shape index (κ3) is 2.87. The lowest BCUT2D eigenvalue weighted by atomic mass is 9.91. The fourth-order valence-corrected chi connectivity index (χ4v) is 3.76. The predicted molar refractivity (Wildman–Crippen MR) is 105 cm³/mol. The van der Waals surface area contributed by atoms with Crippen LogP contribution in [0.25, 0.3) is 16.3 Å². The Kier molecular flexibility index (Phi) is 5.12. The van der Waals surface area contributed by atoms with Crippen LogP contribution in [-0.2, 0) is 9.59 Å². The molecule has 0 saturated heterocycles. The van der Waals surface area contributed by atoms with Gasteiger partial charge in [-0.3, -0.25) is 9.59 Å². The van der Waals surface area contributed by atoms with Crippen molar-refractivity contribution in [3.8, 4) is 17.2 Å². The topological polar surface area (TPSA) is 72.8 Å². The number of halogens is 3. The van der Waals surface area contributed by atoms with E-state index in [1.165, 1.54) is 20.3 Å². The number of allylic oxidation sites excluding steroid dienone is 4. The second-order valence-electron chi connectivity index (χ2n) is 5.79. The fraction of sp³-hybridized carbons (Fsp3) is 0.158. The van der Waals surface area contributed by atoms with Crippen molar-refractivity contribution in [2.75, 3.05) is 14.2 Å². The van der Waals surface area contributed by atoms with Crippen molar-refractivity contribution in [2.45, 2.75) is 6.92 Å². The Morgan fingerprint density at radius 1 is 0.926 bits per heavy atom. The molecule has 0 aliphatic heterocycles. The first-order chi connectivity index (χ1) is 12.7. The van der Waals surface area contributed by atoms with Crippen molar-refractivity contribution in [1.29, 1.82) is 0 Å². The van der Waals surface area contributed by atoms with Gasteiger partial charge in [-0.05, 0) is 30.7 Å². The molecule has 1 N–H and O–H groups in total. The van der Waals surface area contributed by atoms with Crippen LogP contribution in [0, 0.1) is 6.92 Å². The molecule has 3 rings (SSSR count). The molecule has 0 fully saturated rings. The molecule has 2 aromatic carbocycles. The summed E-state index contributed by atoms with van der Waals surface area (Å²) in [5.74, 6) is -0.919. The van der Waals surface area contributed by atoms with Gasteiger partial charge in [0.05, 0.1) is 25.2 Å². The van der Waals surface area contributed by atoms with Crippen LogP contribution in [0.3, 0.4) is 0 Å². The molecule has 27 heavy (non-hydrogen) atoms. The molecule has 0 atom stereocenters. The van der Waals surface area contributed by atoms with Gasteiger partial charge in [0.15, 0.2) is 0 Å². The summed E-state index contributed by atoms with van der Waals surface area (Å²) in [5, 5.41) is 10.5. The molecule has 0 aromatic heterocycles. The summed E-state index contributed by atoms with van der Waals surface area (Å²) in [4.78, 5) is 24.7. The van der Waals surface area contributed by atoms with E-state index in [2.05, 4.69) is 0 Å². The monoisotopic (exact) mass is 426 g/mol. The van der Waals surface area contributed by atoms with E-state index in [1.807, 2.05) is 6.92 Å². The molecule has 0 heterocycles. The summed E-state index contributed by atoms with van der Waals surface area (Å²) in [6.07, 6.45) is 0. The number of methoxy groups -OCH3 is 2. The smallest absolute Gasteiger partial charge is 0.218 e. The Bertz CT molecular complexity index is 1080. The number of ketones is 2. The summed E-state index contributed by atoms with van der Waals surface area (Å²) in [7, 11) is 2.96. The SMILES string of the molecule is COc1c(C)cc(OC)c2c(O)c(C3=C(Cl)C(=O)C(Cl)=C(Cl)C3=O)ccc12. The molecule has 0 amide bonds. The maximum atomic E-state index is 12.6. The van der Waals surface area contributed by atoms with Gasteiger partial charge in [-0.2, -0.15) is 0 Å². The van der Waals surface area contributed by atoms with E-state index >= 15 is 0 Å². The van der Waals surface area contributed by atoms with E-state index < -0.39 is 26.7 Å². The van der Waals surface area contributed by atoms with Crippen LogP contribution in [0.5, 0.6) is 17.2 Å². The largest absolute Gasteiger partial charge is 0.507 e. The number of fused-ring (bicyclic) bond motifs is 1. The second kappa shape index (κ2) is 7.08. The quantitative estimate of drug-likeness (QED) is 0.721. The normalized spacial score (nSPS) is 15.0.